The largest absolute Gasteiger partial charge is 0.482 e. The van der Waals surface area contributed by atoms with Gasteiger partial charge in [-0.3, -0.25) is 0 Å². The number of ether oxygens (including phenoxy) is 1. The fraction of sp³-hybridized carbons (Fsp3) is 0.500. The van der Waals surface area contributed by atoms with Crippen LogP contribution in [0.5, 0.6) is 5.75 Å². The van der Waals surface area contributed by atoms with Gasteiger partial charge in [-0.25, -0.2) is 19.0 Å². The van der Waals surface area contributed by atoms with Gasteiger partial charge >= 0.3 is 0 Å². The molecule has 10 heteroatoms. The number of halogens is 2. The summed E-state index contributed by atoms with van der Waals surface area (Å²) in [5, 5.41) is 8.70. The monoisotopic (exact) mass is 483 g/mol. The molecule has 0 unspecified atom stereocenters. The van der Waals surface area contributed by atoms with Crippen molar-refractivity contribution in [1.29, 1.82) is 0 Å². The van der Waals surface area contributed by atoms with Crippen molar-refractivity contribution in [3.05, 3.63) is 53.0 Å². The molecule has 2 bridgehead atoms. The third-order valence-corrected chi connectivity index (χ3v) is 7.40. The van der Waals surface area contributed by atoms with Crippen molar-refractivity contribution < 1.29 is 9.13 Å². The first-order valence-corrected chi connectivity index (χ1v) is 12.3. The lowest BCUT2D eigenvalue weighted by Crippen LogP contribution is -2.48. The van der Waals surface area contributed by atoms with Gasteiger partial charge in [0.2, 0.25) is 5.95 Å². The fourth-order valence-electron chi connectivity index (χ4n) is 5.65. The summed E-state index contributed by atoms with van der Waals surface area (Å²) in [6.07, 6.45) is 5.45. The van der Waals surface area contributed by atoms with E-state index in [1.54, 1.807) is 12.4 Å². The topological polar surface area (TPSA) is 81.0 Å². The van der Waals surface area contributed by atoms with Gasteiger partial charge in [-0.05, 0) is 56.6 Å². The number of piperidine rings is 1. The lowest BCUT2D eigenvalue weighted by molar-refractivity contribution is 0.155. The second-order valence-electron chi connectivity index (χ2n) is 9.56. The minimum Gasteiger partial charge on any atom is -0.482 e. The number of aryl methyl sites for hydroxylation is 2. The maximum atomic E-state index is 13.8. The minimum absolute atomic E-state index is 0.283. The molecule has 4 atom stereocenters. The van der Waals surface area contributed by atoms with Crippen LogP contribution in [0.3, 0.4) is 0 Å². The van der Waals surface area contributed by atoms with Gasteiger partial charge in [0.05, 0.1) is 0 Å². The normalized spacial score (nSPS) is 25.8. The first-order valence-electron chi connectivity index (χ1n) is 11.9. The van der Waals surface area contributed by atoms with E-state index in [1.807, 2.05) is 11.6 Å². The molecule has 1 N–H and O–H groups in total. The van der Waals surface area contributed by atoms with Gasteiger partial charge in [0.15, 0.2) is 11.9 Å². The molecule has 2 aromatic heterocycles. The molecule has 1 aliphatic carbocycles. The zero-order chi connectivity index (χ0) is 23.2. The molecule has 8 nitrogen and oxygen atoms in total. The van der Waals surface area contributed by atoms with Crippen molar-refractivity contribution in [3.63, 3.8) is 0 Å². The van der Waals surface area contributed by atoms with E-state index in [4.69, 9.17) is 26.4 Å². The Morgan fingerprint density at radius 1 is 1.09 bits per heavy atom. The van der Waals surface area contributed by atoms with Crippen LogP contribution in [0.2, 0.25) is 5.02 Å². The second kappa shape index (κ2) is 8.69. The van der Waals surface area contributed by atoms with Crippen LogP contribution in [-0.4, -0.2) is 43.9 Å². The molecular formula is C24H27ClFN7O. The standard InChI is InChI=1S/C24H27ClFN7O/c1-14-7-21(28-13-27-14)32-11-15-4-5-16(12-32)22(15)29-24-30-23-20(3-2-6-33(23)31-24)34-19-9-17(25)8-18(26)10-19/h7-10,13,15-16,20,22H,2-6,11-12H2,1H3,(H,29,31)/t15-,16+,20-,22-/m0/s1. The quantitative estimate of drug-likeness (QED) is 0.575. The minimum atomic E-state index is -0.416. The molecule has 1 saturated carbocycles. The predicted octanol–water partition coefficient (Wildman–Crippen LogP) is 4.41. The number of aromatic nitrogens is 5. The Morgan fingerprint density at radius 2 is 1.91 bits per heavy atom. The lowest BCUT2D eigenvalue weighted by atomic mass is 9.92. The zero-order valence-electron chi connectivity index (χ0n) is 19.0. The van der Waals surface area contributed by atoms with Crippen LogP contribution in [0.1, 0.15) is 43.3 Å². The van der Waals surface area contributed by atoms with Gasteiger partial charge in [0, 0.05) is 48.5 Å². The smallest absolute Gasteiger partial charge is 0.242 e. The summed E-state index contributed by atoms with van der Waals surface area (Å²) in [7, 11) is 0. The highest BCUT2D eigenvalue weighted by atomic mass is 35.5. The van der Waals surface area contributed by atoms with E-state index in [2.05, 4.69) is 26.3 Å². The first-order chi connectivity index (χ1) is 16.5. The average Bonchev–Trinajstić information content (AvgIpc) is 3.30. The van der Waals surface area contributed by atoms with E-state index < -0.39 is 5.82 Å². The highest BCUT2D eigenvalue weighted by molar-refractivity contribution is 6.30. The Morgan fingerprint density at radius 3 is 2.68 bits per heavy atom. The maximum Gasteiger partial charge on any atom is 0.242 e. The van der Waals surface area contributed by atoms with E-state index in [0.717, 1.165) is 49.8 Å². The highest BCUT2D eigenvalue weighted by Gasteiger charge is 2.43. The molecule has 178 valence electrons. The Kier molecular flexibility index (Phi) is 5.51. The number of rotatable bonds is 5. The third-order valence-electron chi connectivity index (χ3n) is 7.18. The average molecular weight is 484 g/mol. The van der Waals surface area contributed by atoms with Crippen LogP contribution >= 0.6 is 11.6 Å². The van der Waals surface area contributed by atoms with E-state index >= 15 is 0 Å². The van der Waals surface area contributed by atoms with Crippen molar-refractivity contribution in [3.8, 4) is 5.75 Å². The summed E-state index contributed by atoms with van der Waals surface area (Å²) >= 11 is 6.00. The van der Waals surface area contributed by atoms with E-state index in [9.17, 15) is 4.39 Å². The van der Waals surface area contributed by atoms with Crippen LogP contribution in [0.15, 0.2) is 30.6 Å². The SMILES string of the molecule is Cc1cc(N2C[C@H]3CC[C@@H](C2)[C@@H]3Nc2nc3n(n2)CCC[C@@H]3Oc2cc(F)cc(Cl)c2)ncn1. The number of hydrogen-bond donors (Lipinski definition) is 1. The van der Waals surface area contributed by atoms with Crippen molar-refractivity contribution in [2.45, 2.75) is 51.3 Å². The number of anilines is 2. The van der Waals surface area contributed by atoms with Crippen molar-refractivity contribution in [2.75, 3.05) is 23.3 Å². The van der Waals surface area contributed by atoms with E-state index in [-0.39, 0.29) is 6.10 Å². The van der Waals surface area contributed by atoms with Crippen molar-refractivity contribution in [2.24, 2.45) is 11.8 Å². The van der Waals surface area contributed by atoms with Crippen molar-refractivity contribution in [1.82, 2.24) is 24.7 Å². The molecule has 0 spiro atoms. The maximum absolute atomic E-state index is 13.8. The number of hydrogen-bond acceptors (Lipinski definition) is 7. The van der Waals surface area contributed by atoms with Crippen LogP contribution in [-0.2, 0) is 6.54 Å². The number of nitrogens with zero attached hydrogens (tertiary/aromatic N) is 6. The first kappa shape index (κ1) is 21.6. The summed E-state index contributed by atoms with van der Waals surface area (Å²) in [6, 6.07) is 6.65. The third kappa shape index (κ3) is 4.17. The number of benzene rings is 1. The van der Waals surface area contributed by atoms with Gasteiger partial charge < -0.3 is 15.0 Å². The zero-order valence-corrected chi connectivity index (χ0v) is 19.7. The summed E-state index contributed by atoms with van der Waals surface area (Å²) < 4.78 is 21.8. The molecule has 0 radical (unpaired) electrons. The van der Waals surface area contributed by atoms with Gasteiger partial charge in [-0.2, -0.15) is 4.98 Å². The van der Waals surface area contributed by atoms with Gasteiger partial charge in [0.25, 0.3) is 0 Å². The summed E-state index contributed by atoms with van der Waals surface area (Å²) in [4.78, 5) is 15.9. The van der Waals surface area contributed by atoms with Crippen LogP contribution in [0, 0.1) is 24.6 Å². The predicted molar refractivity (Wildman–Crippen MR) is 127 cm³/mol. The molecule has 1 saturated heterocycles. The summed E-state index contributed by atoms with van der Waals surface area (Å²) in [6.45, 7) is 4.72. The molecule has 34 heavy (non-hydrogen) atoms. The van der Waals surface area contributed by atoms with E-state index in [1.165, 1.54) is 25.0 Å². The number of nitrogens with one attached hydrogen (secondary N) is 1. The van der Waals surface area contributed by atoms with Crippen LogP contribution in [0.25, 0.3) is 0 Å². The number of fused-ring (bicyclic) bond motifs is 3. The second-order valence-corrected chi connectivity index (χ2v) is 10.00. The molecule has 1 aromatic carbocycles. The highest BCUT2D eigenvalue weighted by Crippen LogP contribution is 2.40. The Balaban J connectivity index is 1.17. The molecule has 6 rings (SSSR count). The Bertz CT molecular complexity index is 1170. The fourth-order valence-corrected chi connectivity index (χ4v) is 5.87. The molecular weight excluding hydrogens is 457 g/mol. The Hall–Kier alpha value is -2.94. The van der Waals surface area contributed by atoms with Gasteiger partial charge in [-0.1, -0.05) is 11.6 Å². The lowest BCUT2D eigenvalue weighted by Gasteiger charge is -2.38. The molecule has 0 amide bonds. The van der Waals surface area contributed by atoms with Crippen LogP contribution < -0.4 is 15.0 Å². The Labute approximate surface area is 202 Å². The molecule has 2 aliphatic heterocycles. The van der Waals surface area contributed by atoms with Gasteiger partial charge in [-0.15, -0.1) is 5.10 Å². The van der Waals surface area contributed by atoms with Crippen LogP contribution in [0.4, 0.5) is 16.2 Å². The molecule has 2 fully saturated rings. The summed E-state index contributed by atoms with van der Waals surface area (Å²) in [5.74, 6) is 3.45. The summed E-state index contributed by atoms with van der Waals surface area (Å²) in [5.41, 5.74) is 0.989. The van der Waals surface area contributed by atoms with E-state index in [0.29, 0.717) is 34.6 Å². The molecule has 3 aromatic rings. The molecule has 3 aliphatic rings. The van der Waals surface area contributed by atoms with Gasteiger partial charge in [0.1, 0.15) is 23.7 Å². The van der Waals surface area contributed by atoms with Crippen molar-refractivity contribution >= 4 is 23.4 Å². The molecule has 4 heterocycles.